The van der Waals surface area contributed by atoms with Crippen LogP contribution in [0.15, 0.2) is 12.7 Å². The van der Waals surface area contributed by atoms with Crippen molar-refractivity contribution >= 4 is 5.91 Å². The van der Waals surface area contributed by atoms with Crippen LogP contribution in [0, 0.1) is 5.92 Å². The van der Waals surface area contributed by atoms with Gasteiger partial charge in [-0.1, -0.05) is 6.92 Å². The standard InChI is InChI=1S/C15H25N9O/c1-12-3-5-22(6-4-12)8-14-19-20-21-24(14)9-15(25)18-13(2)7-23-11-16-10-17-23/h10-13H,3-9H2,1-2H3,(H,18,25). The van der Waals surface area contributed by atoms with Crippen LogP contribution >= 0.6 is 0 Å². The minimum atomic E-state index is -0.117. The molecule has 1 amide bonds. The number of piperidine rings is 1. The Bertz CT molecular complexity index is 660. The van der Waals surface area contributed by atoms with Gasteiger partial charge in [0.05, 0.1) is 13.1 Å². The minimum absolute atomic E-state index is 0.0577. The molecule has 1 unspecified atom stereocenters. The summed E-state index contributed by atoms with van der Waals surface area (Å²) in [6, 6.07) is -0.0577. The zero-order chi connectivity index (χ0) is 17.6. The van der Waals surface area contributed by atoms with E-state index in [1.807, 2.05) is 6.92 Å². The van der Waals surface area contributed by atoms with E-state index in [0.29, 0.717) is 13.1 Å². The molecule has 1 atom stereocenters. The summed E-state index contributed by atoms with van der Waals surface area (Å²) in [5, 5.41) is 18.7. The van der Waals surface area contributed by atoms with Crippen LogP contribution in [0.4, 0.5) is 0 Å². The number of rotatable bonds is 7. The van der Waals surface area contributed by atoms with Gasteiger partial charge in [0.2, 0.25) is 5.91 Å². The van der Waals surface area contributed by atoms with Crippen LogP contribution in [-0.2, 0) is 24.4 Å². The van der Waals surface area contributed by atoms with Gasteiger partial charge in [0.15, 0.2) is 5.82 Å². The van der Waals surface area contributed by atoms with Gasteiger partial charge < -0.3 is 5.32 Å². The van der Waals surface area contributed by atoms with Crippen molar-refractivity contribution in [2.45, 2.75) is 52.4 Å². The molecule has 1 aliphatic rings. The van der Waals surface area contributed by atoms with Gasteiger partial charge in [0.25, 0.3) is 0 Å². The number of hydrogen-bond acceptors (Lipinski definition) is 7. The smallest absolute Gasteiger partial charge is 0.242 e. The summed E-state index contributed by atoms with van der Waals surface area (Å²) in [5.41, 5.74) is 0. The highest BCUT2D eigenvalue weighted by Gasteiger charge is 2.19. The number of likely N-dealkylation sites (tertiary alicyclic amines) is 1. The molecule has 0 spiro atoms. The van der Waals surface area contributed by atoms with Crippen LogP contribution in [-0.4, -0.2) is 64.9 Å². The van der Waals surface area contributed by atoms with Crippen molar-refractivity contribution in [3.05, 3.63) is 18.5 Å². The fraction of sp³-hybridized carbons (Fsp3) is 0.733. The van der Waals surface area contributed by atoms with Crippen LogP contribution in [0.2, 0.25) is 0 Å². The summed E-state index contributed by atoms with van der Waals surface area (Å²) in [5.74, 6) is 1.39. The third-order valence-electron chi connectivity index (χ3n) is 4.48. The van der Waals surface area contributed by atoms with Crippen molar-refractivity contribution < 1.29 is 4.79 Å². The molecule has 3 heterocycles. The van der Waals surface area contributed by atoms with Crippen LogP contribution in [0.5, 0.6) is 0 Å². The molecule has 10 heteroatoms. The summed E-state index contributed by atoms with van der Waals surface area (Å²) in [6.07, 6.45) is 5.49. The lowest BCUT2D eigenvalue weighted by atomic mass is 9.99. The number of aromatic nitrogens is 7. The Balaban J connectivity index is 1.49. The zero-order valence-corrected chi connectivity index (χ0v) is 14.7. The Kier molecular flexibility index (Phi) is 5.69. The molecule has 136 valence electrons. The summed E-state index contributed by atoms with van der Waals surface area (Å²) in [4.78, 5) is 18.5. The fourth-order valence-corrected chi connectivity index (χ4v) is 2.99. The molecule has 0 aliphatic carbocycles. The highest BCUT2D eigenvalue weighted by atomic mass is 16.2. The van der Waals surface area contributed by atoms with Crippen molar-refractivity contribution in [3.63, 3.8) is 0 Å². The number of nitrogens with one attached hydrogen (secondary N) is 1. The number of carbonyl (C=O) groups excluding carboxylic acids is 1. The first-order valence-corrected chi connectivity index (χ1v) is 8.69. The quantitative estimate of drug-likeness (QED) is 0.733. The number of tetrazole rings is 1. The largest absolute Gasteiger partial charge is 0.350 e. The Hall–Kier alpha value is -2.36. The summed E-state index contributed by atoms with van der Waals surface area (Å²) in [6.45, 7) is 7.68. The Morgan fingerprint density at radius 1 is 1.40 bits per heavy atom. The summed E-state index contributed by atoms with van der Waals surface area (Å²) in [7, 11) is 0. The Morgan fingerprint density at radius 2 is 2.20 bits per heavy atom. The van der Waals surface area contributed by atoms with E-state index < -0.39 is 0 Å². The molecule has 0 saturated carbocycles. The molecular formula is C15H25N9O. The Morgan fingerprint density at radius 3 is 2.92 bits per heavy atom. The first-order chi connectivity index (χ1) is 12.1. The first kappa shape index (κ1) is 17.5. The zero-order valence-electron chi connectivity index (χ0n) is 14.7. The van der Waals surface area contributed by atoms with Crippen LogP contribution < -0.4 is 5.32 Å². The molecule has 2 aromatic heterocycles. The van der Waals surface area contributed by atoms with E-state index in [1.54, 1.807) is 15.7 Å². The third-order valence-corrected chi connectivity index (χ3v) is 4.48. The third kappa shape index (κ3) is 5.05. The lowest BCUT2D eigenvalue weighted by Crippen LogP contribution is -2.39. The highest BCUT2D eigenvalue weighted by Crippen LogP contribution is 2.17. The van der Waals surface area contributed by atoms with Gasteiger partial charge in [0.1, 0.15) is 19.2 Å². The molecule has 0 radical (unpaired) electrons. The van der Waals surface area contributed by atoms with E-state index in [4.69, 9.17) is 0 Å². The second kappa shape index (κ2) is 8.15. The van der Waals surface area contributed by atoms with Gasteiger partial charge in [-0.2, -0.15) is 5.10 Å². The Labute approximate surface area is 146 Å². The molecule has 0 aromatic carbocycles. The van der Waals surface area contributed by atoms with Gasteiger partial charge in [-0.25, -0.2) is 9.67 Å². The van der Waals surface area contributed by atoms with E-state index in [9.17, 15) is 4.79 Å². The molecular weight excluding hydrogens is 322 g/mol. The number of nitrogens with zero attached hydrogens (tertiary/aromatic N) is 8. The van der Waals surface area contributed by atoms with Crippen molar-refractivity contribution in [2.24, 2.45) is 5.92 Å². The topological polar surface area (TPSA) is 107 Å². The van der Waals surface area contributed by atoms with E-state index in [2.05, 4.69) is 42.7 Å². The normalized spacial score (nSPS) is 17.5. The van der Waals surface area contributed by atoms with E-state index in [0.717, 1.165) is 24.8 Å². The first-order valence-electron chi connectivity index (χ1n) is 8.69. The molecule has 1 fully saturated rings. The highest BCUT2D eigenvalue weighted by molar-refractivity contribution is 5.75. The van der Waals surface area contributed by atoms with Crippen LogP contribution in [0.3, 0.4) is 0 Å². The number of amides is 1. The number of carbonyl (C=O) groups is 1. The average molecular weight is 347 g/mol. The molecule has 2 aromatic rings. The van der Waals surface area contributed by atoms with Gasteiger partial charge >= 0.3 is 0 Å². The monoisotopic (exact) mass is 347 g/mol. The predicted octanol–water partition coefficient (Wildman–Crippen LogP) is -0.299. The second-order valence-electron chi connectivity index (χ2n) is 6.80. The van der Waals surface area contributed by atoms with Crippen molar-refractivity contribution in [1.29, 1.82) is 0 Å². The SMILES string of the molecule is CC1CCN(Cc2nnnn2CC(=O)NC(C)Cn2cncn2)CC1. The fourth-order valence-electron chi connectivity index (χ4n) is 2.99. The average Bonchev–Trinajstić information content (AvgIpc) is 3.22. The molecule has 1 aliphatic heterocycles. The maximum Gasteiger partial charge on any atom is 0.242 e. The lowest BCUT2D eigenvalue weighted by molar-refractivity contribution is -0.122. The van der Waals surface area contributed by atoms with E-state index in [1.165, 1.54) is 19.2 Å². The van der Waals surface area contributed by atoms with Crippen molar-refractivity contribution in [3.8, 4) is 0 Å². The number of hydrogen-bond donors (Lipinski definition) is 1. The molecule has 1 N–H and O–H groups in total. The lowest BCUT2D eigenvalue weighted by Gasteiger charge is -2.29. The molecule has 0 bridgehead atoms. The van der Waals surface area contributed by atoms with Gasteiger partial charge in [-0.15, -0.1) is 5.10 Å². The minimum Gasteiger partial charge on any atom is -0.350 e. The van der Waals surface area contributed by atoms with Crippen LogP contribution in [0.25, 0.3) is 0 Å². The summed E-state index contributed by atoms with van der Waals surface area (Å²) >= 11 is 0. The second-order valence-corrected chi connectivity index (χ2v) is 6.80. The maximum absolute atomic E-state index is 12.3. The van der Waals surface area contributed by atoms with E-state index >= 15 is 0 Å². The van der Waals surface area contributed by atoms with Crippen LogP contribution in [0.1, 0.15) is 32.5 Å². The maximum atomic E-state index is 12.3. The van der Waals surface area contributed by atoms with Crippen molar-refractivity contribution in [2.75, 3.05) is 13.1 Å². The molecule has 1 saturated heterocycles. The molecule has 3 rings (SSSR count). The van der Waals surface area contributed by atoms with Gasteiger partial charge in [-0.05, 0) is 49.2 Å². The predicted molar refractivity (Wildman–Crippen MR) is 89.1 cm³/mol. The van der Waals surface area contributed by atoms with E-state index in [-0.39, 0.29) is 18.5 Å². The molecule has 25 heavy (non-hydrogen) atoms. The van der Waals surface area contributed by atoms with Gasteiger partial charge in [0, 0.05) is 6.04 Å². The summed E-state index contributed by atoms with van der Waals surface area (Å²) < 4.78 is 3.26. The van der Waals surface area contributed by atoms with Crippen molar-refractivity contribution in [1.82, 2.24) is 45.2 Å². The van der Waals surface area contributed by atoms with Gasteiger partial charge in [-0.3, -0.25) is 14.4 Å². The molecule has 10 nitrogen and oxygen atoms in total.